The largest absolute Gasteiger partial charge is 0.503 e. The van der Waals surface area contributed by atoms with Crippen molar-refractivity contribution in [3.63, 3.8) is 0 Å². The van der Waals surface area contributed by atoms with Crippen LogP contribution in [-0.4, -0.2) is 49.1 Å². The van der Waals surface area contributed by atoms with Crippen molar-refractivity contribution in [2.24, 2.45) is 5.92 Å². The molecule has 0 spiro atoms. The molecule has 0 bridgehead atoms. The van der Waals surface area contributed by atoms with Crippen molar-refractivity contribution in [3.05, 3.63) is 41.2 Å². The number of rotatable bonds is 8. The molecule has 1 aromatic carbocycles. The van der Waals surface area contributed by atoms with Crippen molar-refractivity contribution in [2.45, 2.75) is 26.3 Å². The van der Waals surface area contributed by atoms with Crippen molar-refractivity contribution in [1.82, 2.24) is 4.90 Å². The van der Waals surface area contributed by atoms with Crippen LogP contribution in [0.2, 0.25) is 0 Å². The SMILES string of the molecule is COCCN1C(=O)C(O)=C(C(=O)CC(C)C)C1c1ccccc1OC. The predicted octanol–water partition coefficient (Wildman–Crippen LogP) is 2.65. The Hall–Kier alpha value is -2.34. The Morgan fingerprint density at radius 2 is 1.96 bits per heavy atom. The normalized spacial score (nSPS) is 17.6. The van der Waals surface area contributed by atoms with Crippen LogP contribution < -0.4 is 4.74 Å². The zero-order valence-corrected chi connectivity index (χ0v) is 15.1. The fourth-order valence-corrected chi connectivity index (χ4v) is 3.06. The molecule has 136 valence electrons. The number of hydrogen-bond acceptors (Lipinski definition) is 5. The van der Waals surface area contributed by atoms with Gasteiger partial charge >= 0.3 is 0 Å². The van der Waals surface area contributed by atoms with Gasteiger partial charge in [-0.3, -0.25) is 9.59 Å². The Bertz CT molecular complexity index is 680. The number of Topliss-reactive ketones (excluding diaryl/α,β-unsaturated/α-hetero) is 1. The lowest BCUT2D eigenvalue weighted by molar-refractivity contribution is -0.130. The summed E-state index contributed by atoms with van der Waals surface area (Å²) in [5.74, 6) is -0.573. The molecule has 0 aliphatic carbocycles. The number of methoxy groups -OCH3 is 2. The summed E-state index contributed by atoms with van der Waals surface area (Å²) in [5.41, 5.74) is 0.810. The van der Waals surface area contributed by atoms with Crippen LogP contribution in [0.4, 0.5) is 0 Å². The van der Waals surface area contributed by atoms with Gasteiger partial charge in [-0.05, 0) is 12.0 Å². The number of carbonyl (C=O) groups excluding carboxylic acids is 2. The Morgan fingerprint density at radius 1 is 1.28 bits per heavy atom. The van der Waals surface area contributed by atoms with Crippen LogP contribution in [0.3, 0.4) is 0 Å². The van der Waals surface area contributed by atoms with E-state index >= 15 is 0 Å². The first-order chi connectivity index (χ1) is 11.9. The molecule has 1 unspecified atom stereocenters. The van der Waals surface area contributed by atoms with Gasteiger partial charge in [0.25, 0.3) is 5.91 Å². The van der Waals surface area contributed by atoms with Gasteiger partial charge in [-0.2, -0.15) is 0 Å². The van der Waals surface area contributed by atoms with E-state index < -0.39 is 17.7 Å². The molecule has 1 aromatic rings. The molecule has 1 heterocycles. The summed E-state index contributed by atoms with van der Waals surface area (Å²) in [5, 5.41) is 10.4. The predicted molar refractivity (Wildman–Crippen MR) is 93.4 cm³/mol. The van der Waals surface area contributed by atoms with Crippen LogP contribution in [0.5, 0.6) is 5.75 Å². The third-order valence-electron chi connectivity index (χ3n) is 4.17. The van der Waals surface area contributed by atoms with E-state index in [4.69, 9.17) is 9.47 Å². The summed E-state index contributed by atoms with van der Waals surface area (Å²) in [7, 11) is 3.07. The highest BCUT2D eigenvalue weighted by Gasteiger charge is 2.44. The van der Waals surface area contributed by atoms with Gasteiger partial charge in [0.15, 0.2) is 11.5 Å². The number of aliphatic hydroxyl groups excluding tert-OH is 1. The third-order valence-corrected chi connectivity index (χ3v) is 4.17. The quantitative estimate of drug-likeness (QED) is 0.782. The molecule has 1 aliphatic rings. The van der Waals surface area contributed by atoms with E-state index in [1.165, 1.54) is 19.1 Å². The van der Waals surface area contributed by atoms with E-state index in [1.54, 1.807) is 12.1 Å². The summed E-state index contributed by atoms with van der Waals surface area (Å²) in [4.78, 5) is 26.8. The molecule has 0 aromatic heterocycles. The molecule has 0 saturated heterocycles. The number of carbonyl (C=O) groups is 2. The molecule has 6 nitrogen and oxygen atoms in total. The third kappa shape index (κ3) is 3.85. The average molecular weight is 347 g/mol. The van der Waals surface area contributed by atoms with Gasteiger partial charge in [0.1, 0.15) is 5.75 Å². The van der Waals surface area contributed by atoms with Gasteiger partial charge in [-0.1, -0.05) is 32.0 Å². The molecule has 1 amide bonds. The van der Waals surface area contributed by atoms with Gasteiger partial charge in [-0.15, -0.1) is 0 Å². The highest BCUT2D eigenvalue weighted by atomic mass is 16.5. The lowest BCUT2D eigenvalue weighted by Gasteiger charge is -2.27. The Morgan fingerprint density at radius 3 is 2.56 bits per heavy atom. The van der Waals surface area contributed by atoms with Gasteiger partial charge in [0.05, 0.1) is 25.3 Å². The number of ketones is 1. The van der Waals surface area contributed by atoms with Crippen molar-refractivity contribution in [2.75, 3.05) is 27.4 Å². The summed E-state index contributed by atoms with van der Waals surface area (Å²) in [6, 6.07) is 6.53. The summed E-state index contributed by atoms with van der Waals surface area (Å²) in [6.07, 6.45) is 0.260. The molecular weight excluding hydrogens is 322 g/mol. The molecule has 1 N–H and O–H groups in total. The molecule has 6 heteroatoms. The average Bonchev–Trinajstić information content (AvgIpc) is 2.83. The van der Waals surface area contributed by atoms with Crippen LogP contribution >= 0.6 is 0 Å². The molecule has 1 atom stereocenters. The second-order valence-electron chi connectivity index (χ2n) is 6.42. The van der Waals surface area contributed by atoms with E-state index in [0.717, 1.165) is 0 Å². The van der Waals surface area contributed by atoms with Crippen molar-refractivity contribution >= 4 is 11.7 Å². The first kappa shape index (κ1) is 19.0. The van der Waals surface area contributed by atoms with E-state index in [2.05, 4.69) is 0 Å². The maximum Gasteiger partial charge on any atom is 0.290 e. The summed E-state index contributed by atoms with van der Waals surface area (Å²) in [6.45, 7) is 4.41. The number of hydrogen-bond donors (Lipinski definition) is 1. The van der Waals surface area contributed by atoms with Gasteiger partial charge in [0.2, 0.25) is 0 Å². The number of aliphatic hydroxyl groups is 1. The minimum atomic E-state index is -0.676. The Balaban J connectivity index is 2.53. The van der Waals surface area contributed by atoms with Gasteiger partial charge in [-0.25, -0.2) is 0 Å². The lowest BCUT2D eigenvalue weighted by atomic mass is 9.91. The number of para-hydroxylation sites is 1. The van der Waals surface area contributed by atoms with Gasteiger partial charge in [0, 0.05) is 25.6 Å². The van der Waals surface area contributed by atoms with Crippen LogP contribution in [-0.2, 0) is 14.3 Å². The Kier molecular flexibility index (Phi) is 6.20. The van der Waals surface area contributed by atoms with Crippen molar-refractivity contribution in [3.8, 4) is 5.75 Å². The zero-order chi connectivity index (χ0) is 18.6. The van der Waals surface area contributed by atoms with E-state index in [-0.39, 0.29) is 30.2 Å². The second kappa shape index (κ2) is 8.16. The number of benzene rings is 1. The van der Waals surface area contributed by atoms with Crippen LogP contribution in [0, 0.1) is 5.92 Å². The lowest BCUT2D eigenvalue weighted by Crippen LogP contribution is -2.34. The highest BCUT2D eigenvalue weighted by Crippen LogP contribution is 2.41. The fraction of sp³-hybridized carbons (Fsp3) is 0.474. The molecule has 25 heavy (non-hydrogen) atoms. The zero-order valence-electron chi connectivity index (χ0n) is 15.1. The molecular formula is C19H25NO5. The standard InChI is InChI=1S/C19H25NO5/c1-12(2)11-14(21)16-17(13-7-5-6-8-15(13)25-4)20(9-10-24-3)19(23)18(16)22/h5-8,12,17,22H,9-11H2,1-4H3. The molecule has 2 rings (SSSR count). The van der Waals surface area contributed by atoms with E-state index in [9.17, 15) is 14.7 Å². The number of ether oxygens (including phenoxy) is 2. The molecule has 1 aliphatic heterocycles. The van der Waals surface area contributed by atoms with Crippen molar-refractivity contribution < 1.29 is 24.2 Å². The second-order valence-corrected chi connectivity index (χ2v) is 6.42. The topological polar surface area (TPSA) is 76.1 Å². The van der Waals surface area contributed by atoms with Gasteiger partial charge < -0.3 is 19.5 Å². The van der Waals surface area contributed by atoms with E-state index in [1.807, 2.05) is 26.0 Å². The smallest absolute Gasteiger partial charge is 0.290 e. The fourth-order valence-electron chi connectivity index (χ4n) is 3.06. The number of amides is 1. The molecule has 0 saturated carbocycles. The summed E-state index contributed by atoms with van der Waals surface area (Å²) < 4.78 is 10.5. The van der Waals surface area contributed by atoms with Crippen LogP contribution in [0.1, 0.15) is 31.9 Å². The first-order valence-electron chi connectivity index (χ1n) is 8.31. The maximum atomic E-state index is 12.7. The first-order valence-corrected chi connectivity index (χ1v) is 8.31. The minimum absolute atomic E-state index is 0.120. The van der Waals surface area contributed by atoms with E-state index in [0.29, 0.717) is 17.9 Å². The maximum absolute atomic E-state index is 12.7. The number of nitrogens with zero attached hydrogens (tertiary/aromatic N) is 1. The molecule has 0 fully saturated rings. The monoisotopic (exact) mass is 347 g/mol. The molecule has 0 radical (unpaired) electrons. The van der Waals surface area contributed by atoms with Crippen LogP contribution in [0.25, 0.3) is 0 Å². The van der Waals surface area contributed by atoms with Crippen LogP contribution in [0.15, 0.2) is 35.6 Å². The van der Waals surface area contributed by atoms with Crippen molar-refractivity contribution in [1.29, 1.82) is 0 Å². The summed E-state index contributed by atoms with van der Waals surface area (Å²) >= 11 is 0. The minimum Gasteiger partial charge on any atom is -0.503 e. The Labute approximate surface area is 148 Å². The highest BCUT2D eigenvalue weighted by molar-refractivity contribution is 6.09.